The number of rotatable bonds is 17. The van der Waals surface area contributed by atoms with Crippen LogP contribution >= 0.6 is 19.0 Å². The van der Waals surface area contributed by atoms with Crippen molar-refractivity contribution in [3.8, 4) is 5.75 Å². The van der Waals surface area contributed by atoms with Gasteiger partial charge in [-0.25, -0.2) is 0 Å². The van der Waals surface area contributed by atoms with E-state index in [2.05, 4.69) is 55.6 Å². The Labute approximate surface area is 235 Å². The van der Waals surface area contributed by atoms with Gasteiger partial charge in [0.1, 0.15) is 5.75 Å². The van der Waals surface area contributed by atoms with Crippen LogP contribution < -0.4 is 9.84 Å². The highest BCUT2D eigenvalue weighted by Crippen LogP contribution is 2.43. The van der Waals surface area contributed by atoms with E-state index < -0.39 is 7.37 Å². The molecule has 0 aliphatic rings. The molecule has 0 aliphatic heterocycles. The minimum atomic E-state index is -2.60. The first-order valence-electron chi connectivity index (χ1n) is 14.2. The lowest BCUT2D eigenvalue weighted by Gasteiger charge is -2.19. The van der Waals surface area contributed by atoms with Gasteiger partial charge in [-0.3, -0.25) is 4.57 Å². The maximum absolute atomic E-state index is 12.6. The number of halogens is 1. The summed E-state index contributed by atoms with van der Waals surface area (Å²) < 4.78 is 18.3. The normalized spacial score (nSPS) is 13.7. The second-order valence-corrected chi connectivity index (χ2v) is 13.8. The summed E-state index contributed by atoms with van der Waals surface area (Å²) in [5.74, 6) is 1.19. The Balaban J connectivity index is 1.29. The number of benzene rings is 3. The predicted octanol–water partition coefficient (Wildman–Crippen LogP) is 9.59. The molecule has 5 heteroatoms. The summed E-state index contributed by atoms with van der Waals surface area (Å²) in [6.45, 7) is 8.01. The quantitative estimate of drug-likeness (QED) is 0.133. The number of unbranched alkanes of at least 4 members (excludes halogenated alkanes) is 4. The predicted molar refractivity (Wildman–Crippen MR) is 164 cm³/mol. The average molecular weight is 554 g/mol. The van der Waals surface area contributed by atoms with Crippen molar-refractivity contribution in [3.63, 3.8) is 0 Å². The van der Waals surface area contributed by atoms with E-state index in [4.69, 9.17) is 16.1 Å². The summed E-state index contributed by atoms with van der Waals surface area (Å²) in [4.78, 5) is 0. The zero-order chi connectivity index (χ0) is 27.2. The molecule has 3 nitrogen and oxygen atoms in total. The standard InChI is InChI=1S/C33H45ClNO2P/c1-27-19-20-29(24-28(27)2)25-30(31-15-12-16-32(34)26-31)14-8-5-4-6-11-21-35-22-13-23-38(3,36)37-33-17-9-7-10-18-33/h7,9-10,12,15-20,24,26,30,35H,4-6,8,11,13-14,21-23,25H2,1-3H3. The lowest BCUT2D eigenvalue weighted by atomic mass is 9.87. The van der Waals surface area contributed by atoms with Crippen LogP contribution in [0.3, 0.4) is 0 Å². The van der Waals surface area contributed by atoms with Crippen molar-refractivity contribution in [1.82, 2.24) is 5.32 Å². The fourth-order valence-electron chi connectivity index (χ4n) is 4.90. The molecule has 0 saturated carbocycles. The fourth-order valence-corrected chi connectivity index (χ4v) is 6.49. The molecule has 0 fully saturated rings. The molecule has 0 radical (unpaired) electrons. The van der Waals surface area contributed by atoms with Gasteiger partial charge in [-0.05, 0) is 105 Å². The molecular weight excluding hydrogens is 509 g/mol. The highest BCUT2D eigenvalue weighted by molar-refractivity contribution is 7.58. The average Bonchev–Trinajstić information content (AvgIpc) is 2.89. The van der Waals surface area contributed by atoms with Gasteiger partial charge in [-0.15, -0.1) is 0 Å². The van der Waals surface area contributed by atoms with Crippen LogP contribution in [0.4, 0.5) is 0 Å². The summed E-state index contributed by atoms with van der Waals surface area (Å²) in [6, 6.07) is 24.7. The van der Waals surface area contributed by atoms with Gasteiger partial charge in [0, 0.05) is 17.8 Å². The van der Waals surface area contributed by atoms with Crippen LogP contribution in [0, 0.1) is 13.8 Å². The molecule has 3 aromatic carbocycles. The lowest BCUT2D eigenvalue weighted by molar-refractivity contribution is 0.483. The van der Waals surface area contributed by atoms with Gasteiger partial charge in [0.05, 0.1) is 0 Å². The third-order valence-corrected chi connectivity index (χ3v) is 9.20. The molecule has 206 valence electrons. The molecule has 0 aromatic heterocycles. The Bertz CT molecular complexity index is 1150. The van der Waals surface area contributed by atoms with Gasteiger partial charge >= 0.3 is 0 Å². The SMILES string of the molecule is Cc1ccc(CC(CCCCCCCNCCCP(C)(=O)Oc2ccccc2)c2cccc(Cl)c2)cc1C. The Morgan fingerprint density at radius 2 is 1.55 bits per heavy atom. The third-order valence-electron chi connectivity index (χ3n) is 7.24. The van der Waals surface area contributed by atoms with Crippen LogP contribution in [-0.2, 0) is 11.0 Å². The highest BCUT2D eigenvalue weighted by atomic mass is 35.5. The van der Waals surface area contributed by atoms with Crippen molar-refractivity contribution < 1.29 is 9.09 Å². The Hall–Kier alpha value is -2.06. The van der Waals surface area contributed by atoms with Crippen LogP contribution in [-0.4, -0.2) is 25.9 Å². The van der Waals surface area contributed by atoms with E-state index >= 15 is 0 Å². The first-order chi connectivity index (χ1) is 18.3. The van der Waals surface area contributed by atoms with E-state index in [0.717, 1.165) is 31.0 Å². The van der Waals surface area contributed by atoms with E-state index in [1.54, 1.807) is 6.66 Å². The molecule has 0 saturated heterocycles. The second kappa shape index (κ2) is 16.1. The summed E-state index contributed by atoms with van der Waals surface area (Å²) in [7, 11) is -2.60. The molecule has 2 unspecified atom stereocenters. The minimum Gasteiger partial charge on any atom is -0.443 e. The smallest absolute Gasteiger partial charge is 0.245 e. The zero-order valence-electron chi connectivity index (χ0n) is 23.4. The van der Waals surface area contributed by atoms with Crippen molar-refractivity contribution in [1.29, 1.82) is 0 Å². The van der Waals surface area contributed by atoms with E-state index in [1.807, 2.05) is 36.4 Å². The first kappa shape index (κ1) is 30.5. The minimum absolute atomic E-state index is 0.498. The monoisotopic (exact) mass is 553 g/mol. The number of nitrogens with one attached hydrogen (secondary N) is 1. The fraction of sp³-hybridized carbons (Fsp3) is 0.455. The largest absolute Gasteiger partial charge is 0.443 e. The third kappa shape index (κ3) is 11.4. The van der Waals surface area contributed by atoms with Gasteiger partial charge < -0.3 is 9.84 Å². The molecule has 3 aromatic rings. The van der Waals surface area contributed by atoms with Crippen molar-refractivity contribution in [2.45, 2.75) is 71.1 Å². The zero-order valence-corrected chi connectivity index (χ0v) is 25.1. The van der Waals surface area contributed by atoms with Crippen LogP contribution in [0.25, 0.3) is 0 Å². The molecule has 3 rings (SSSR count). The number of para-hydroxylation sites is 1. The number of hydrogen-bond acceptors (Lipinski definition) is 3. The molecule has 0 bridgehead atoms. The summed E-state index contributed by atoms with van der Waals surface area (Å²) in [5.41, 5.74) is 5.48. The van der Waals surface area contributed by atoms with Crippen LogP contribution in [0.1, 0.15) is 73.1 Å². The van der Waals surface area contributed by atoms with Crippen LogP contribution in [0.2, 0.25) is 5.02 Å². The Morgan fingerprint density at radius 1 is 0.816 bits per heavy atom. The molecule has 2 atom stereocenters. The van der Waals surface area contributed by atoms with Crippen molar-refractivity contribution in [3.05, 3.63) is 100 Å². The highest BCUT2D eigenvalue weighted by Gasteiger charge is 2.17. The molecule has 0 aliphatic carbocycles. The molecule has 0 heterocycles. The van der Waals surface area contributed by atoms with Crippen LogP contribution in [0.15, 0.2) is 72.8 Å². The molecule has 0 amide bonds. The maximum Gasteiger partial charge on any atom is 0.245 e. The van der Waals surface area contributed by atoms with Gasteiger partial charge in [0.15, 0.2) is 0 Å². The van der Waals surface area contributed by atoms with Crippen molar-refractivity contribution >= 4 is 19.0 Å². The first-order valence-corrected chi connectivity index (χ1v) is 16.8. The molecule has 0 spiro atoms. The van der Waals surface area contributed by atoms with E-state index in [0.29, 0.717) is 17.8 Å². The number of aryl methyl sites for hydroxylation is 2. The summed E-state index contributed by atoms with van der Waals surface area (Å²) in [5, 5.41) is 4.33. The topological polar surface area (TPSA) is 38.3 Å². The molecule has 38 heavy (non-hydrogen) atoms. The summed E-state index contributed by atoms with van der Waals surface area (Å²) >= 11 is 6.33. The summed E-state index contributed by atoms with van der Waals surface area (Å²) in [6.07, 6.45) is 9.92. The molecular formula is C33H45ClNO2P. The maximum atomic E-state index is 12.6. The second-order valence-electron chi connectivity index (χ2n) is 10.7. The van der Waals surface area contributed by atoms with Crippen molar-refractivity contribution in [2.75, 3.05) is 25.9 Å². The Kier molecular flexibility index (Phi) is 12.9. The van der Waals surface area contributed by atoms with Gasteiger partial charge in [-0.1, -0.05) is 85.8 Å². The Morgan fingerprint density at radius 3 is 2.32 bits per heavy atom. The van der Waals surface area contributed by atoms with E-state index in [-0.39, 0.29) is 0 Å². The lowest BCUT2D eigenvalue weighted by Crippen LogP contribution is -2.18. The van der Waals surface area contributed by atoms with Crippen LogP contribution in [0.5, 0.6) is 5.75 Å². The van der Waals surface area contributed by atoms with Gasteiger partial charge in [-0.2, -0.15) is 0 Å². The van der Waals surface area contributed by atoms with Gasteiger partial charge in [0.2, 0.25) is 7.37 Å². The number of hydrogen-bond donors (Lipinski definition) is 1. The van der Waals surface area contributed by atoms with Gasteiger partial charge in [0.25, 0.3) is 0 Å². The molecule has 1 N–H and O–H groups in total. The van der Waals surface area contributed by atoms with E-state index in [9.17, 15) is 4.57 Å². The van der Waals surface area contributed by atoms with E-state index in [1.165, 1.54) is 60.8 Å². The van der Waals surface area contributed by atoms with Crippen molar-refractivity contribution in [2.24, 2.45) is 0 Å².